The third kappa shape index (κ3) is 5.54. The largest absolute Gasteiger partial charge is 0.508 e. The number of piperidine rings is 1. The quantitative estimate of drug-likeness (QED) is 0.530. The lowest BCUT2D eigenvalue weighted by Gasteiger charge is -2.34. The number of carbonyl (C=O) groups excluding carboxylic acids is 1. The van der Waals surface area contributed by atoms with Crippen LogP contribution in [-0.2, 0) is 11.3 Å². The number of nitrogens with zero attached hydrogens (tertiary/aromatic N) is 2. The minimum Gasteiger partial charge on any atom is -0.508 e. The lowest BCUT2D eigenvalue weighted by atomic mass is 9.93. The molecule has 1 aliphatic rings. The molecule has 3 N–H and O–H groups in total. The zero-order valence-electron chi connectivity index (χ0n) is 15.9. The summed E-state index contributed by atoms with van der Waals surface area (Å²) in [6.45, 7) is 4.94. The van der Waals surface area contributed by atoms with E-state index in [0.29, 0.717) is 24.6 Å². The van der Waals surface area contributed by atoms with Gasteiger partial charge in [-0.3, -0.25) is 4.79 Å². The molecule has 2 rings (SSSR count). The number of aliphatic imine (C=N–C) groups is 1. The number of rotatable bonds is 6. The van der Waals surface area contributed by atoms with E-state index in [0.717, 1.165) is 44.0 Å². The predicted molar refractivity (Wildman–Crippen MR) is 102 cm³/mol. The molecule has 1 heterocycles. The van der Waals surface area contributed by atoms with Gasteiger partial charge in [0, 0.05) is 38.7 Å². The van der Waals surface area contributed by atoms with Gasteiger partial charge in [-0.05, 0) is 43.9 Å². The Morgan fingerprint density at radius 2 is 2.12 bits per heavy atom. The summed E-state index contributed by atoms with van der Waals surface area (Å²) >= 11 is 0. The Morgan fingerprint density at radius 1 is 1.38 bits per heavy atom. The van der Waals surface area contributed by atoms with Crippen LogP contribution in [0, 0.1) is 5.92 Å². The van der Waals surface area contributed by atoms with Crippen molar-refractivity contribution in [3.63, 3.8) is 0 Å². The van der Waals surface area contributed by atoms with E-state index in [1.807, 2.05) is 6.92 Å². The number of guanidine groups is 1. The van der Waals surface area contributed by atoms with Gasteiger partial charge in [0.1, 0.15) is 11.5 Å². The van der Waals surface area contributed by atoms with E-state index in [2.05, 4.69) is 20.5 Å². The van der Waals surface area contributed by atoms with Crippen LogP contribution >= 0.6 is 0 Å². The average Bonchev–Trinajstić information content (AvgIpc) is 2.67. The van der Waals surface area contributed by atoms with Crippen LogP contribution in [0.2, 0.25) is 0 Å². The van der Waals surface area contributed by atoms with E-state index in [4.69, 9.17) is 4.74 Å². The Hall–Kier alpha value is -2.44. The van der Waals surface area contributed by atoms with Gasteiger partial charge in [0.25, 0.3) is 0 Å². The molecular formula is C19H30N4O3. The molecular weight excluding hydrogens is 332 g/mol. The molecule has 144 valence electrons. The molecule has 1 fully saturated rings. The van der Waals surface area contributed by atoms with Crippen LogP contribution in [0.4, 0.5) is 0 Å². The molecule has 0 spiro atoms. The molecule has 1 aromatic carbocycles. The first kappa shape index (κ1) is 19.9. The number of nitrogens with one attached hydrogen (secondary N) is 2. The van der Waals surface area contributed by atoms with Crippen molar-refractivity contribution >= 4 is 11.9 Å². The highest BCUT2D eigenvalue weighted by Gasteiger charge is 2.23. The molecule has 1 saturated heterocycles. The average molecular weight is 362 g/mol. The summed E-state index contributed by atoms with van der Waals surface area (Å²) in [5.74, 6) is 2.30. The van der Waals surface area contributed by atoms with E-state index in [1.54, 1.807) is 32.4 Å². The second-order valence-electron chi connectivity index (χ2n) is 6.47. The van der Waals surface area contributed by atoms with E-state index >= 15 is 0 Å². The molecule has 0 bridgehead atoms. The standard InChI is InChI=1S/C19H30N4O3/c1-4-21-19(22-13-15-12-16(26-3)5-6-17(15)24)23-9-7-14(8-10-23)11-18(25)20-2/h5-6,12,14,24H,4,7-11,13H2,1-3H3,(H,20,25)(H,21,22). The van der Waals surface area contributed by atoms with E-state index < -0.39 is 0 Å². The first-order chi connectivity index (χ1) is 12.6. The summed E-state index contributed by atoms with van der Waals surface area (Å²) in [5, 5.41) is 16.0. The number of likely N-dealkylation sites (tertiary alicyclic amines) is 1. The fraction of sp³-hybridized carbons (Fsp3) is 0.579. The van der Waals surface area contributed by atoms with Gasteiger partial charge in [0.05, 0.1) is 13.7 Å². The van der Waals surface area contributed by atoms with Crippen molar-refractivity contribution in [1.82, 2.24) is 15.5 Å². The number of aromatic hydroxyl groups is 1. The highest BCUT2D eigenvalue weighted by atomic mass is 16.5. The Labute approximate surface area is 155 Å². The molecule has 26 heavy (non-hydrogen) atoms. The van der Waals surface area contributed by atoms with Gasteiger partial charge in [0.2, 0.25) is 5.91 Å². The molecule has 0 saturated carbocycles. The maximum absolute atomic E-state index is 11.5. The fourth-order valence-corrected chi connectivity index (χ4v) is 3.11. The van der Waals surface area contributed by atoms with Crippen molar-refractivity contribution in [3.05, 3.63) is 23.8 Å². The molecule has 7 heteroatoms. The van der Waals surface area contributed by atoms with Crippen LogP contribution in [-0.4, -0.2) is 55.7 Å². The highest BCUT2D eigenvalue weighted by Crippen LogP contribution is 2.24. The minimum atomic E-state index is 0.109. The van der Waals surface area contributed by atoms with Gasteiger partial charge < -0.3 is 25.4 Å². The number of hydrogen-bond acceptors (Lipinski definition) is 4. The van der Waals surface area contributed by atoms with Crippen LogP contribution in [0.1, 0.15) is 31.7 Å². The molecule has 0 unspecified atom stereocenters. The smallest absolute Gasteiger partial charge is 0.220 e. The number of carbonyl (C=O) groups is 1. The molecule has 0 radical (unpaired) electrons. The van der Waals surface area contributed by atoms with Crippen LogP contribution < -0.4 is 15.4 Å². The number of benzene rings is 1. The lowest BCUT2D eigenvalue weighted by Crippen LogP contribution is -2.46. The Balaban J connectivity index is 2.00. The number of phenolic OH excluding ortho intramolecular Hbond substituents is 1. The van der Waals surface area contributed by atoms with Gasteiger partial charge in [0.15, 0.2) is 5.96 Å². The molecule has 1 amide bonds. The fourth-order valence-electron chi connectivity index (χ4n) is 3.11. The van der Waals surface area contributed by atoms with E-state index in [1.165, 1.54) is 0 Å². The van der Waals surface area contributed by atoms with Crippen molar-refractivity contribution in [2.75, 3.05) is 33.8 Å². The van der Waals surface area contributed by atoms with Crippen molar-refractivity contribution in [1.29, 1.82) is 0 Å². The van der Waals surface area contributed by atoms with Crippen molar-refractivity contribution < 1.29 is 14.6 Å². The maximum Gasteiger partial charge on any atom is 0.220 e. The molecule has 7 nitrogen and oxygen atoms in total. The van der Waals surface area contributed by atoms with Crippen LogP contribution in [0.15, 0.2) is 23.2 Å². The zero-order chi connectivity index (χ0) is 18.9. The molecule has 0 aliphatic carbocycles. The Kier molecular flexibility index (Phi) is 7.56. The van der Waals surface area contributed by atoms with Gasteiger partial charge in [-0.1, -0.05) is 0 Å². The topological polar surface area (TPSA) is 86.2 Å². The predicted octanol–water partition coefficient (Wildman–Crippen LogP) is 1.71. The van der Waals surface area contributed by atoms with E-state index in [9.17, 15) is 9.90 Å². The van der Waals surface area contributed by atoms with Crippen LogP contribution in [0.5, 0.6) is 11.5 Å². The van der Waals surface area contributed by atoms with Gasteiger partial charge in [-0.15, -0.1) is 0 Å². The van der Waals surface area contributed by atoms with Crippen molar-refractivity contribution in [2.24, 2.45) is 10.9 Å². The summed E-state index contributed by atoms with van der Waals surface area (Å²) in [5.41, 5.74) is 0.731. The monoisotopic (exact) mass is 362 g/mol. The zero-order valence-corrected chi connectivity index (χ0v) is 15.9. The lowest BCUT2D eigenvalue weighted by molar-refractivity contribution is -0.121. The number of hydrogen-bond donors (Lipinski definition) is 3. The summed E-state index contributed by atoms with van der Waals surface area (Å²) in [4.78, 5) is 18.5. The normalized spacial score (nSPS) is 15.7. The second kappa shape index (κ2) is 9.89. The van der Waals surface area contributed by atoms with Crippen LogP contribution in [0.3, 0.4) is 0 Å². The second-order valence-corrected chi connectivity index (χ2v) is 6.47. The molecule has 1 aromatic rings. The summed E-state index contributed by atoms with van der Waals surface area (Å²) in [7, 11) is 3.29. The molecule has 0 atom stereocenters. The first-order valence-electron chi connectivity index (χ1n) is 9.17. The first-order valence-corrected chi connectivity index (χ1v) is 9.17. The van der Waals surface area contributed by atoms with Gasteiger partial charge in [-0.25, -0.2) is 4.99 Å². The van der Waals surface area contributed by atoms with Crippen molar-refractivity contribution in [3.8, 4) is 11.5 Å². The SMILES string of the molecule is CCNC(=NCc1cc(OC)ccc1O)N1CCC(CC(=O)NC)CC1. The van der Waals surface area contributed by atoms with Crippen molar-refractivity contribution in [2.45, 2.75) is 32.7 Å². The number of ether oxygens (including phenoxy) is 1. The van der Waals surface area contributed by atoms with E-state index in [-0.39, 0.29) is 11.7 Å². The number of amides is 1. The van der Waals surface area contributed by atoms with Crippen LogP contribution in [0.25, 0.3) is 0 Å². The highest BCUT2D eigenvalue weighted by molar-refractivity contribution is 5.80. The Bertz CT molecular complexity index is 625. The summed E-state index contributed by atoms with van der Waals surface area (Å²) in [6.07, 6.45) is 2.54. The number of phenols is 1. The third-order valence-electron chi connectivity index (χ3n) is 4.69. The third-order valence-corrected chi connectivity index (χ3v) is 4.69. The molecule has 0 aromatic heterocycles. The summed E-state index contributed by atoms with van der Waals surface area (Å²) in [6, 6.07) is 5.16. The summed E-state index contributed by atoms with van der Waals surface area (Å²) < 4.78 is 5.21. The van der Waals surface area contributed by atoms with Gasteiger partial charge >= 0.3 is 0 Å². The van der Waals surface area contributed by atoms with Gasteiger partial charge in [-0.2, -0.15) is 0 Å². The number of methoxy groups -OCH3 is 1. The molecule has 1 aliphatic heterocycles. The Morgan fingerprint density at radius 3 is 2.73 bits per heavy atom. The minimum absolute atomic E-state index is 0.109. The maximum atomic E-state index is 11.5.